The lowest BCUT2D eigenvalue weighted by Crippen LogP contribution is -2.35. The van der Waals surface area contributed by atoms with Crippen LogP contribution in [-0.4, -0.2) is 37.2 Å². The van der Waals surface area contributed by atoms with Crippen molar-refractivity contribution < 1.29 is 13.2 Å². The predicted molar refractivity (Wildman–Crippen MR) is 109 cm³/mol. The molecule has 1 amide bonds. The number of anilines is 1. The van der Waals surface area contributed by atoms with Crippen LogP contribution < -0.4 is 5.32 Å². The first-order valence-electron chi connectivity index (χ1n) is 8.71. The maximum atomic E-state index is 13.1. The quantitative estimate of drug-likeness (QED) is 0.694. The van der Waals surface area contributed by atoms with Crippen LogP contribution in [0.4, 0.5) is 5.82 Å². The van der Waals surface area contributed by atoms with Gasteiger partial charge in [-0.3, -0.25) is 4.79 Å². The second-order valence-corrected chi connectivity index (χ2v) is 8.41. The van der Waals surface area contributed by atoms with E-state index in [1.165, 1.54) is 7.05 Å². The fourth-order valence-electron chi connectivity index (χ4n) is 2.73. The van der Waals surface area contributed by atoms with E-state index in [1.54, 1.807) is 36.5 Å². The number of hydrogen-bond acceptors (Lipinski definition) is 4. The molecular formula is C21H21N3O3S. The average molecular weight is 395 g/mol. The van der Waals surface area contributed by atoms with Gasteiger partial charge in [0, 0.05) is 18.8 Å². The zero-order valence-corrected chi connectivity index (χ0v) is 16.5. The van der Waals surface area contributed by atoms with E-state index in [0.29, 0.717) is 11.4 Å². The molecule has 1 aromatic heterocycles. The van der Waals surface area contributed by atoms with Gasteiger partial charge in [0.15, 0.2) is 0 Å². The zero-order chi connectivity index (χ0) is 20.1. The summed E-state index contributed by atoms with van der Waals surface area (Å²) in [4.78, 5) is 16.5. The first-order valence-corrected chi connectivity index (χ1v) is 10.2. The normalized spacial score (nSPS) is 11.4. The van der Waals surface area contributed by atoms with Crippen LogP contribution in [0.1, 0.15) is 5.56 Å². The van der Waals surface area contributed by atoms with Gasteiger partial charge >= 0.3 is 0 Å². The van der Waals surface area contributed by atoms with Gasteiger partial charge in [-0.2, -0.15) is 4.31 Å². The number of nitrogens with one attached hydrogen (secondary N) is 1. The molecule has 0 radical (unpaired) electrons. The molecule has 2 aromatic carbocycles. The highest BCUT2D eigenvalue weighted by atomic mass is 32.2. The van der Waals surface area contributed by atoms with Crippen molar-refractivity contribution in [3.8, 4) is 11.1 Å². The molecule has 3 rings (SSSR count). The number of amides is 1. The smallest absolute Gasteiger partial charge is 0.243 e. The van der Waals surface area contributed by atoms with E-state index in [2.05, 4.69) is 10.3 Å². The number of sulfonamides is 1. The molecule has 0 aliphatic carbocycles. The molecular weight excluding hydrogens is 374 g/mol. The van der Waals surface area contributed by atoms with Crippen molar-refractivity contribution in [3.63, 3.8) is 0 Å². The molecule has 0 spiro atoms. The Balaban J connectivity index is 1.81. The number of carbonyl (C=O) groups excluding carboxylic acids is 1. The molecule has 144 valence electrons. The zero-order valence-electron chi connectivity index (χ0n) is 15.7. The minimum atomic E-state index is -3.86. The van der Waals surface area contributed by atoms with E-state index in [1.807, 2.05) is 43.3 Å². The Bertz CT molecular complexity index is 1070. The third-order valence-corrected chi connectivity index (χ3v) is 6.07. The lowest BCUT2D eigenvalue weighted by molar-refractivity contribution is -0.116. The number of rotatable bonds is 6. The number of benzene rings is 2. The van der Waals surface area contributed by atoms with Gasteiger partial charge < -0.3 is 5.32 Å². The highest BCUT2D eigenvalue weighted by molar-refractivity contribution is 7.89. The minimum absolute atomic E-state index is 0.157. The number of hydrogen-bond donors (Lipinski definition) is 1. The number of pyridine rings is 1. The van der Waals surface area contributed by atoms with Gasteiger partial charge in [-0.15, -0.1) is 0 Å². The van der Waals surface area contributed by atoms with Crippen molar-refractivity contribution in [2.24, 2.45) is 0 Å². The van der Waals surface area contributed by atoms with Crippen molar-refractivity contribution >= 4 is 21.7 Å². The molecule has 7 heteroatoms. The molecule has 3 aromatic rings. The fraction of sp³-hybridized carbons (Fsp3) is 0.143. The van der Waals surface area contributed by atoms with Gasteiger partial charge in [-0.1, -0.05) is 54.6 Å². The van der Waals surface area contributed by atoms with E-state index >= 15 is 0 Å². The summed E-state index contributed by atoms with van der Waals surface area (Å²) in [7, 11) is -2.47. The van der Waals surface area contributed by atoms with Gasteiger partial charge in [-0.25, -0.2) is 13.4 Å². The van der Waals surface area contributed by atoms with E-state index in [0.717, 1.165) is 15.4 Å². The second kappa shape index (κ2) is 8.33. The van der Waals surface area contributed by atoms with Gasteiger partial charge in [0.2, 0.25) is 15.9 Å². The topological polar surface area (TPSA) is 79.4 Å². The van der Waals surface area contributed by atoms with E-state index < -0.39 is 15.9 Å². The number of nitrogens with zero attached hydrogens (tertiary/aromatic N) is 2. The number of aromatic nitrogens is 1. The van der Waals surface area contributed by atoms with Crippen LogP contribution in [0.5, 0.6) is 0 Å². The molecule has 0 saturated heterocycles. The lowest BCUT2D eigenvalue weighted by atomic mass is 10.1. The van der Waals surface area contributed by atoms with Gasteiger partial charge in [0.1, 0.15) is 5.82 Å². The maximum Gasteiger partial charge on any atom is 0.243 e. The third-order valence-electron chi connectivity index (χ3n) is 4.21. The molecule has 0 saturated carbocycles. The molecule has 0 atom stereocenters. The summed E-state index contributed by atoms with van der Waals surface area (Å²) in [6.07, 6.45) is 1.63. The van der Waals surface area contributed by atoms with Crippen molar-refractivity contribution in [3.05, 3.63) is 78.5 Å². The summed E-state index contributed by atoms with van der Waals surface area (Å²) in [5.74, 6) is -0.0781. The summed E-state index contributed by atoms with van der Waals surface area (Å²) in [5.41, 5.74) is 2.36. The Morgan fingerprint density at radius 3 is 2.36 bits per heavy atom. The number of likely N-dealkylation sites (N-methyl/N-ethyl adjacent to an activating group) is 1. The molecule has 1 N–H and O–H groups in total. The van der Waals surface area contributed by atoms with Gasteiger partial charge in [0.05, 0.1) is 11.4 Å². The Labute approximate surface area is 164 Å². The summed E-state index contributed by atoms with van der Waals surface area (Å²) in [5, 5.41) is 2.61. The van der Waals surface area contributed by atoms with Crippen LogP contribution in [0, 0.1) is 6.92 Å². The summed E-state index contributed by atoms with van der Waals surface area (Å²) in [6.45, 7) is 1.57. The van der Waals surface area contributed by atoms with Crippen LogP contribution in [0.2, 0.25) is 0 Å². The van der Waals surface area contributed by atoms with Gasteiger partial charge in [-0.05, 0) is 30.2 Å². The average Bonchev–Trinajstić information content (AvgIpc) is 2.70. The van der Waals surface area contributed by atoms with Gasteiger partial charge in [0.25, 0.3) is 0 Å². The van der Waals surface area contributed by atoms with E-state index in [9.17, 15) is 13.2 Å². The Morgan fingerprint density at radius 2 is 1.68 bits per heavy atom. The number of aryl methyl sites for hydroxylation is 1. The minimum Gasteiger partial charge on any atom is -0.310 e. The summed E-state index contributed by atoms with van der Waals surface area (Å²) in [6, 6.07) is 19.5. The first-order chi connectivity index (χ1) is 13.4. The highest BCUT2D eigenvalue weighted by Crippen LogP contribution is 2.28. The SMILES string of the molecule is Cc1ccc(NC(=O)CN(C)S(=O)(=O)c2ccccc2-c2ccccc2)nc1. The van der Waals surface area contributed by atoms with Crippen molar-refractivity contribution in [1.29, 1.82) is 0 Å². The largest absolute Gasteiger partial charge is 0.310 e. The standard InChI is InChI=1S/C21H21N3O3S/c1-16-12-13-20(22-14-16)23-21(25)15-24(2)28(26,27)19-11-7-6-10-18(19)17-8-4-3-5-9-17/h3-14H,15H2,1-2H3,(H,22,23,25). The molecule has 6 nitrogen and oxygen atoms in total. The monoisotopic (exact) mass is 395 g/mol. The first kappa shape index (κ1) is 19.7. The van der Waals surface area contributed by atoms with E-state index in [-0.39, 0.29) is 11.4 Å². The summed E-state index contributed by atoms with van der Waals surface area (Å²) < 4.78 is 27.2. The van der Waals surface area contributed by atoms with Crippen LogP contribution in [0.15, 0.2) is 77.8 Å². The van der Waals surface area contributed by atoms with Crippen LogP contribution in [-0.2, 0) is 14.8 Å². The van der Waals surface area contributed by atoms with Crippen molar-refractivity contribution in [2.45, 2.75) is 11.8 Å². The van der Waals surface area contributed by atoms with Crippen LogP contribution >= 0.6 is 0 Å². The summed E-state index contributed by atoms with van der Waals surface area (Å²) >= 11 is 0. The van der Waals surface area contributed by atoms with Crippen LogP contribution in [0.3, 0.4) is 0 Å². The highest BCUT2D eigenvalue weighted by Gasteiger charge is 2.26. The molecule has 1 heterocycles. The Hall–Kier alpha value is -3.03. The Morgan fingerprint density at radius 1 is 1.00 bits per heavy atom. The van der Waals surface area contributed by atoms with Crippen LogP contribution in [0.25, 0.3) is 11.1 Å². The maximum absolute atomic E-state index is 13.1. The second-order valence-electron chi connectivity index (χ2n) is 6.39. The third kappa shape index (κ3) is 4.44. The Kier molecular flexibility index (Phi) is 5.87. The number of carbonyl (C=O) groups is 1. The molecule has 0 aliphatic rings. The molecule has 0 fully saturated rings. The molecule has 0 aliphatic heterocycles. The molecule has 28 heavy (non-hydrogen) atoms. The predicted octanol–water partition coefficient (Wildman–Crippen LogP) is 3.32. The van der Waals surface area contributed by atoms with E-state index in [4.69, 9.17) is 0 Å². The fourth-order valence-corrected chi connectivity index (χ4v) is 4.06. The van der Waals surface area contributed by atoms with Crippen molar-refractivity contribution in [1.82, 2.24) is 9.29 Å². The lowest BCUT2D eigenvalue weighted by Gasteiger charge is -2.19. The van der Waals surface area contributed by atoms with Crippen molar-refractivity contribution in [2.75, 3.05) is 18.9 Å². The molecule has 0 unspecified atom stereocenters. The molecule has 0 bridgehead atoms.